The lowest BCUT2D eigenvalue weighted by atomic mass is 10.2. The molecule has 0 spiro atoms. The van der Waals surface area contributed by atoms with Crippen LogP contribution in [0.3, 0.4) is 0 Å². The van der Waals surface area contributed by atoms with Crippen LogP contribution in [0.25, 0.3) is 6.08 Å². The maximum absolute atomic E-state index is 12.3. The first-order valence-electron chi connectivity index (χ1n) is 7.39. The number of carbonyl (C=O) groups is 2. The van der Waals surface area contributed by atoms with E-state index in [1.807, 2.05) is 6.92 Å². The van der Waals surface area contributed by atoms with Crippen molar-refractivity contribution in [3.63, 3.8) is 0 Å². The fourth-order valence-electron chi connectivity index (χ4n) is 2.16. The van der Waals surface area contributed by atoms with Gasteiger partial charge in [0.25, 0.3) is 5.91 Å². The molecule has 2 aromatic rings. The number of H-pyrrole nitrogens is 1. The van der Waals surface area contributed by atoms with E-state index in [0.29, 0.717) is 16.3 Å². The van der Waals surface area contributed by atoms with Gasteiger partial charge in [0.15, 0.2) is 11.0 Å². The third kappa shape index (κ3) is 4.20. The SMILES string of the molecule is C=Cc1cc(C(=O)Nc2ccc(S(=O)NC(C)=O)cc2)[nH]c1CC. The number of hydrogen-bond donors (Lipinski definition) is 3. The Balaban J connectivity index is 2.09. The molecule has 1 aromatic carbocycles. The van der Waals surface area contributed by atoms with Crippen LogP contribution >= 0.6 is 0 Å². The highest BCUT2D eigenvalue weighted by Crippen LogP contribution is 2.16. The number of anilines is 1. The average Bonchev–Trinajstić information content (AvgIpc) is 2.98. The van der Waals surface area contributed by atoms with E-state index in [2.05, 4.69) is 21.6 Å². The zero-order valence-corrected chi connectivity index (χ0v) is 14.3. The van der Waals surface area contributed by atoms with Crippen molar-refractivity contribution in [1.29, 1.82) is 0 Å². The average molecular weight is 345 g/mol. The Morgan fingerprint density at radius 3 is 2.46 bits per heavy atom. The van der Waals surface area contributed by atoms with Crippen LogP contribution in [0, 0.1) is 0 Å². The number of aromatic amines is 1. The summed E-state index contributed by atoms with van der Waals surface area (Å²) in [5, 5.41) is 2.76. The van der Waals surface area contributed by atoms with Gasteiger partial charge in [0.05, 0.1) is 4.90 Å². The molecule has 0 aliphatic carbocycles. The molecule has 1 heterocycles. The minimum atomic E-state index is -1.60. The van der Waals surface area contributed by atoms with Crippen LogP contribution < -0.4 is 10.0 Å². The molecule has 1 atom stereocenters. The van der Waals surface area contributed by atoms with Gasteiger partial charge in [0, 0.05) is 18.3 Å². The van der Waals surface area contributed by atoms with Gasteiger partial charge >= 0.3 is 0 Å². The highest BCUT2D eigenvalue weighted by Gasteiger charge is 2.12. The monoisotopic (exact) mass is 345 g/mol. The highest BCUT2D eigenvalue weighted by molar-refractivity contribution is 7.83. The summed E-state index contributed by atoms with van der Waals surface area (Å²) in [7, 11) is -1.60. The lowest BCUT2D eigenvalue weighted by Crippen LogP contribution is -2.22. The first kappa shape index (κ1) is 17.7. The maximum Gasteiger partial charge on any atom is 0.272 e. The van der Waals surface area contributed by atoms with Crippen LogP contribution in [0.5, 0.6) is 0 Å². The molecule has 2 amide bonds. The second-order valence-corrected chi connectivity index (χ2v) is 6.29. The first-order chi connectivity index (χ1) is 11.4. The van der Waals surface area contributed by atoms with Crippen molar-refractivity contribution in [1.82, 2.24) is 9.71 Å². The Labute approximate surface area is 142 Å². The van der Waals surface area contributed by atoms with Crippen molar-refractivity contribution in [2.45, 2.75) is 25.2 Å². The number of aryl methyl sites for hydroxylation is 1. The van der Waals surface area contributed by atoms with Gasteiger partial charge in [-0.1, -0.05) is 19.6 Å². The van der Waals surface area contributed by atoms with Gasteiger partial charge in [-0.05, 0) is 42.3 Å². The summed E-state index contributed by atoms with van der Waals surface area (Å²) in [6, 6.07) is 8.18. The summed E-state index contributed by atoms with van der Waals surface area (Å²) in [6.07, 6.45) is 2.48. The van der Waals surface area contributed by atoms with E-state index < -0.39 is 11.0 Å². The number of benzene rings is 1. The standard InChI is InChI=1S/C17H19N3O3S/c1-4-12-10-16(19-15(12)5-2)17(22)18-13-6-8-14(9-7-13)24(23)20-11(3)21/h4,6-10,19H,1,5H2,2-3H3,(H,18,22)(H,20,21). The summed E-state index contributed by atoms with van der Waals surface area (Å²) < 4.78 is 14.1. The van der Waals surface area contributed by atoms with Crippen molar-refractivity contribution in [3.05, 3.63) is 53.9 Å². The molecule has 0 saturated carbocycles. The molecular weight excluding hydrogens is 326 g/mol. The van der Waals surface area contributed by atoms with Crippen LogP contribution in [0.2, 0.25) is 0 Å². The van der Waals surface area contributed by atoms with Gasteiger partial charge in [-0.2, -0.15) is 0 Å². The number of carbonyl (C=O) groups excluding carboxylic acids is 2. The number of rotatable bonds is 6. The van der Waals surface area contributed by atoms with Crippen molar-refractivity contribution < 1.29 is 13.8 Å². The van der Waals surface area contributed by atoms with Gasteiger partial charge in [-0.25, -0.2) is 4.21 Å². The fourth-order valence-corrected chi connectivity index (χ4v) is 2.92. The third-order valence-corrected chi connectivity index (χ3v) is 4.49. The lowest BCUT2D eigenvalue weighted by Gasteiger charge is -2.06. The maximum atomic E-state index is 12.3. The van der Waals surface area contributed by atoms with E-state index in [9.17, 15) is 13.8 Å². The van der Waals surface area contributed by atoms with Gasteiger partial charge in [-0.15, -0.1) is 0 Å². The van der Waals surface area contributed by atoms with Crippen molar-refractivity contribution in [3.8, 4) is 0 Å². The normalized spacial score (nSPS) is 11.6. The number of hydrogen-bond acceptors (Lipinski definition) is 3. The molecular formula is C17H19N3O3S. The third-order valence-electron chi connectivity index (χ3n) is 3.31. The Morgan fingerprint density at radius 2 is 1.96 bits per heavy atom. The van der Waals surface area contributed by atoms with Gasteiger partial charge in [0.2, 0.25) is 5.91 Å². The molecule has 1 aromatic heterocycles. The Bertz CT molecular complexity index is 794. The molecule has 0 fully saturated rings. The topological polar surface area (TPSA) is 91.1 Å². The minimum Gasteiger partial charge on any atom is -0.354 e. The Hall–Kier alpha value is -2.67. The predicted octanol–water partition coefficient (Wildman–Crippen LogP) is 2.63. The summed E-state index contributed by atoms with van der Waals surface area (Å²) >= 11 is 0. The first-order valence-corrected chi connectivity index (χ1v) is 8.54. The van der Waals surface area contributed by atoms with Crippen molar-refractivity contribution in [2.75, 3.05) is 5.32 Å². The molecule has 0 saturated heterocycles. The van der Waals surface area contributed by atoms with Crippen LogP contribution in [-0.4, -0.2) is 21.0 Å². The second-order valence-electron chi connectivity index (χ2n) is 5.08. The zero-order valence-electron chi connectivity index (χ0n) is 13.5. The van der Waals surface area contributed by atoms with Gasteiger partial charge < -0.3 is 10.3 Å². The van der Waals surface area contributed by atoms with Crippen LogP contribution in [0.1, 0.15) is 35.6 Å². The molecule has 0 bridgehead atoms. The van der Waals surface area contributed by atoms with E-state index in [0.717, 1.165) is 17.7 Å². The number of nitrogens with one attached hydrogen (secondary N) is 3. The molecule has 1 unspecified atom stereocenters. The smallest absolute Gasteiger partial charge is 0.272 e. The van der Waals surface area contributed by atoms with Gasteiger partial charge in [0.1, 0.15) is 5.69 Å². The molecule has 7 heteroatoms. The molecule has 2 rings (SSSR count). The molecule has 6 nitrogen and oxygen atoms in total. The molecule has 0 radical (unpaired) electrons. The molecule has 3 N–H and O–H groups in total. The molecule has 0 aliphatic heterocycles. The van der Waals surface area contributed by atoms with E-state index >= 15 is 0 Å². The summed E-state index contributed by atoms with van der Waals surface area (Å²) in [5.41, 5.74) is 2.88. The summed E-state index contributed by atoms with van der Waals surface area (Å²) in [5.74, 6) is -0.643. The van der Waals surface area contributed by atoms with E-state index in [1.54, 1.807) is 36.4 Å². The quantitative estimate of drug-likeness (QED) is 0.751. The molecule has 24 heavy (non-hydrogen) atoms. The molecule has 126 valence electrons. The second kappa shape index (κ2) is 7.74. The zero-order chi connectivity index (χ0) is 17.7. The van der Waals surface area contributed by atoms with Gasteiger partial charge in [-0.3, -0.25) is 14.3 Å². The van der Waals surface area contributed by atoms with Crippen molar-refractivity contribution in [2.24, 2.45) is 0 Å². The lowest BCUT2D eigenvalue weighted by molar-refractivity contribution is -0.117. The predicted molar refractivity (Wildman–Crippen MR) is 94.9 cm³/mol. The molecule has 0 aliphatic rings. The Morgan fingerprint density at radius 1 is 1.29 bits per heavy atom. The number of aromatic nitrogens is 1. The van der Waals surface area contributed by atoms with Crippen molar-refractivity contribution >= 4 is 34.6 Å². The largest absolute Gasteiger partial charge is 0.354 e. The highest BCUT2D eigenvalue weighted by atomic mass is 32.2. The Kier molecular flexibility index (Phi) is 5.70. The van der Waals surface area contributed by atoms with E-state index in [4.69, 9.17) is 0 Å². The van der Waals surface area contributed by atoms with Crippen LogP contribution in [-0.2, 0) is 22.2 Å². The van der Waals surface area contributed by atoms with E-state index in [-0.39, 0.29) is 11.8 Å². The minimum absolute atomic E-state index is 0.270. The van der Waals surface area contributed by atoms with E-state index in [1.165, 1.54) is 6.92 Å². The summed E-state index contributed by atoms with van der Waals surface area (Å²) in [6.45, 7) is 7.02. The number of amides is 2. The fraction of sp³-hybridized carbons (Fsp3) is 0.176. The van der Waals surface area contributed by atoms with Crippen LogP contribution in [0.4, 0.5) is 5.69 Å². The summed E-state index contributed by atoms with van der Waals surface area (Å²) in [4.78, 5) is 26.7. The van der Waals surface area contributed by atoms with Crippen LogP contribution in [0.15, 0.2) is 41.8 Å².